The third-order valence-corrected chi connectivity index (χ3v) is 5.76. The van der Waals surface area contributed by atoms with Gasteiger partial charge in [-0.1, -0.05) is 0 Å². The predicted octanol–water partition coefficient (Wildman–Crippen LogP) is 0.559. The van der Waals surface area contributed by atoms with Crippen molar-refractivity contribution in [3.8, 4) is 0 Å². The Kier molecular flexibility index (Phi) is 5.39. The van der Waals surface area contributed by atoms with Gasteiger partial charge in [-0.15, -0.1) is 0 Å². The van der Waals surface area contributed by atoms with Crippen LogP contribution in [0.1, 0.15) is 0 Å². The van der Waals surface area contributed by atoms with Crippen molar-refractivity contribution in [3.63, 3.8) is 0 Å². The zero-order chi connectivity index (χ0) is 21.6. The highest BCUT2D eigenvalue weighted by Crippen LogP contribution is 2.37. The van der Waals surface area contributed by atoms with Gasteiger partial charge in [0.05, 0.1) is 26.3 Å². The fraction of sp³-hybridized carbons (Fsp3) is 0.667. The van der Waals surface area contributed by atoms with Crippen LogP contribution in [0.5, 0.6) is 0 Å². The average molecular weight is 431 g/mol. The summed E-state index contributed by atoms with van der Waals surface area (Å²) in [5.41, 5.74) is 5.97. The van der Waals surface area contributed by atoms with E-state index >= 15 is 0 Å². The maximum atomic E-state index is 14.0. The van der Waals surface area contributed by atoms with Gasteiger partial charge in [0.2, 0.25) is 0 Å². The Morgan fingerprint density at radius 1 is 1.13 bits per heavy atom. The van der Waals surface area contributed by atoms with Gasteiger partial charge in [-0.05, 0) is 0 Å². The van der Waals surface area contributed by atoms with Gasteiger partial charge in [0.1, 0.15) is 12.0 Å². The van der Waals surface area contributed by atoms with Crippen LogP contribution in [0.4, 0.5) is 17.6 Å². The standard InChI is InChI=1S/C18H25F4N7O/c1-26-13(12-8-24-16(23)27(2)15(12)18(20,21)22)7-14(29-9-11(19)10-29)25-17(26)28-3-5-30-6-4-28/h7-8,11,15,17H,3-6,9-10H2,1-2H3,(H2,23,24). The monoisotopic (exact) mass is 431 g/mol. The van der Waals surface area contributed by atoms with E-state index in [1.165, 1.54) is 13.2 Å². The molecule has 12 heteroatoms. The average Bonchev–Trinajstić information content (AvgIpc) is 2.68. The number of alkyl halides is 4. The first-order chi connectivity index (χ1) is 14.2. The summed E-state index contributed by atoms with van der Waals surface area (Å²) in [6.07, 6.45) is -3.29. The number of likely N-dealkylation sites (N-methyl/N-ethyl adjacent to an activating group) is 2. The van der Waals surface area contributed by atoms with Crippen LogP contribution in [0.3, 0.4) is 0 Å². The zero-order valence-electron chi connectivity index (χ0n) is 16.8. The Labute approximate surface area is 171 Å². The van der Waals surface area contributed by atoms with Gasteiger partial charge in [-0.3, -0.25) is 4.90 Å². The molecular formula is C18H25F4N7O. The summed E-state index contributed by atoms with van der Waals surface area (Å²) in [4.78, 5) is 15.1. The number of rotatable bonds is 2. The van der Waals surface area contributed by atoms with Crippen molar-refractivity contribution in [3.05, 3.63) is 23.5 Å². The molecule has 4 aliphatic heterocycles. The molecule has 30 heavy (non-hydrogen) atoms. The molecule has 0 aliphatic carbocycles. The molecule has 8 nitrogen and oxygen atoms in total. The van der Waals surface area contributed by atoms with Gasteiger partial charge in [0, 0.05) is 50.7 Å². The molecule has 4 rings (SSSR count). The van der Waals surface area contributed by atoms with Gasteiger partial charge >= 0.3 is 6.18 Å². The van der Waals surface area contributed by atoms with E-state index in [9.17, 15) is 17.6 Å². The molecule has 4 aliphatic rings. The summed E-state index contributed by atoms with van der Waals surface area (Å²) < 4.78 is 60.8. The lowest BCUT2D eigenvalue weighted by Crippen LogP contribution is -2.58. The molecule has 2 N–H and O–H groups in total. The van der Waals surface area contributed by atoms with Crippen LogP contribution in [0.2, 0.25) is 0 Å². The molecule has 0 radical (unpaired) electrons. The van der Waals surface area contributed by atoms with Crippen LogP contribution in [-0.4, -0.2) is 110 Å². The molecule has 166 valence electrons. The van der Waals surface area contributed by atoms with Crippen LogP contribution in [-0.2, 0) is 4.74 Å². The van der Waals surface area contributed by atoms with Crippen molar-refractivity contribution in [2.45, 2.75) is 24.7 Å². The summed E-state index contributed by atoms with van der Waals surface area (Å²) in [6.45, 7) is 2.57. The molecule has 2 unspecified atom stereocenters. The lowest BCUT2D eigenvalue weighted by molar-refractivity contribution is -0.161. The third-order valence-electron chi connectivity index (χ3n) is 5.76. The largest absolute Gasteiger partial charge is 0.413 e. The van der Waals surface area contributed by atoms with Crippen molar-refractivity contribution in [1.29, 1.82) is 0 Å². The second-order valence-corrected chi connectivity index (χ2v) is 7.75. The minimum absolute atomic E-state index is 0.0234. The Balaban J connectivity index is 1.73. The molecule has 0 saturated carbocycles. The minimum Gasteiger partial charge on any atom is -0.379 e. The Hall–Kier alpha value is -2.34. The Morgan fingerprint density at radius 2 is 1.80 bits per heavy atom. The van der Waals surface area contributed by atoms with Crippen LogP contribution in [0.15, 0.2) is 33.5 Å². The minimum atomic E-state index is -4.56. The van der Waals surface area contributed by atoms with Crippen LogP contribution >= 0.6 is 0 Å². The van der Waals surface area contributed by atoms with Gasteiger partial charge < -0.3 is 25.2 Å². The van der Waals surface area contributed by atoms with Crippen molar-refractivity contribution in [2.75, 3.05) is 53.5 Å². The number of hydrogen-bond acceptors (Lipinski definition) is 8. The number of hydrogen-bond donors (Lipinski definition) is 1. The summed E-state index contributed by atoms with van der Waals surface area (Å²) in [7, 11) is 2.97. The first-order valence-corrected chi connectivity index (χ1v) is 9.73. The van der Waals surface area contributed by atoms with E-state index in [2.05, 4.69) is 4.99 Å². The van der Waals surface area contributed by atoms with E-state index in [1.54, 1.807) is 22.9 Å². The third kappa shape index (κ3) is 3.73. The van der Waals surface area contributed by atoms with E-state index in [0.29, 0.717) is 37.8 Å². The summed E-state index contributed by atoms with van der Waals surface area (Å²) in [6, 6.07) is -1.95. The zero-order valence-corrected chi connectivity index (χ0v) is 16.8. The predicted molar refractivity (Wildman–Crippen MR) is 103 cm³/mol. The lowest BCUT2D eigenvalue weighted by Gasteiger charge is -2.46. The quantitative estimate of drug-likeness (QED) is 0.645. The SMILES string of the molecule is CN1C(C2=CN=C(N)N(C)C2C(F)(F)F)=CC(N2CC(F)C2)=NC1N1CCOCC1. The van der Waals surface area contributed by atoms with E-state index in [0.717, 1.165) is 4.90 Å². The normalized spacial score (nSPS) is 29.2. The van der Waals surface area contributed by atoms with Gasteiger partial charge in [0.15, 0.2) is 18.3 Å². The number of nitrogens with two attached hydrogens (primary N) is 1. The fourth-order valence-corrected chi connectivity index (χ4v) is 4.04. The molecule has 0 spiro atoms. The highest BCUT2D eigenvalue weighted by Gasteiger charge is 2.49. The lowest BCUT2D eigenvalue weighted by atomic mass is 9.99. The van der Waals surface area contributed by atoms with E-state index < -0.39 is 24.7 Å². The Morgan fingerprint density at radius 3 is 2.40 bits per heavy atom. The summed E-state index contributed by atoms with van der Waals surface area (Å²) >= 11 is 0. The molecule has 0 bridgehead atoms. The molecule has 0 aromatic carbocycles. The molecule has 2 atom stereocenters. The fourth-order valence-electron chi connectivity index (χ4n) is 4.04. The number of nitrogens with zero attached hydrogens (tertiary/aromatic N) is 6. The maximum Gasteiger partial charge on any atom is 0.413 e. The molecule has 0 aromatic rings. The Bertz CT molecular complexity index is 797. The highest BCUT2D eigenvalue weighted by molar-refractivity contribution is 5.95. The van der Waals surface area contributed by atoms with E-state index in [1.807, 2.05) is 4.90 Å². The summed E-state index contributed by atoms with van der Waals surface area (Å²) in [5.74, 6) is 0.266. The topological polar surface area (TPSA) is 72.9 Å². The van der Waals surface area contributed by atoms with Crippen molar-refractivity contribution in [2.24, 2.45) is 15.7 Å². The summed E-state index contributed by atoms with van der Waals surface area (Å²) in [5, 5.41) is 0. The number of aliphatic imine (C=N–C) groups is 2. The van der Waals surface area contributed by atoms with Crippen molar-refractivity contribution >= 4 is 11.8 Å². The van der Waals surface area contributed by atoms with E-state index in [4.69, 9.17) is 15.5 Å². The number of guanidine groups is 1. The number of halogens is 4. The molecule has 0 amide bonds. The van der Waals surface area contributed by atoms with E-state index in [-0.39, 0.29) is 24.6 Å². The second kappa shape index (κ2) is 7.73. The van der Waals surface area contributed by atoms with Gasteiger partial charge in [0.25, 0.3) is 0 Å². The second-order valence-electron chi connectivity index (χ2n) is 7.75. The highest BCUT2D eigenvalue weighted by atomic mass is 19.4. The molecule has 2 fully saturated rings. The van der Waals surface area contributed by atoms with Crippen molar-refractivity contribution < 1.29 is 22.3 Å². The number of amidine groups is 1. The van der Waals surface area contributed by atoms with Crippen LogP contribution in [0.25, 0.3) is 0 Å². The van der Waals surface area contributed by atoms with Crippen LogP contribution < -0.4 is 5.73 Å². The number of morpholine rings is 1. The van der Waals surface area contributed by atoms with Gasteiger partial charge in [-0.2, -0.15) is 13.2 Å². The molecule has 4 heterocycles. The maximum absolute atomic E-state index is 14.0. The first-order valence-electron chi connectivity index (χ1n) is 9.73. The smallest absolute Gasteiger partial charge is 0.379 e. The molecular weight excluding hydrogens is 406 g/mol. The number of likely N-dealkylation sites (tertiary alicyclic amines) is 1. The molecule has 2 saturated heterocycles. The first kappa shape index (κ1) is 20.9. The van der Waals surface area contributed by atoms with Crippen molar-refractivity contribution in [1.82, 2.24) is 19.6 Å². The molecule has 0 aromatic heterocycles. The van der Waals surface area contributed by atoms with Gasteiger partial charge in [-0.25, -0.2) is 14.4 Å². The van der Waals surface area contributed by atoms with Crippen LogP contribution in [0, 0.1) is 0 Å². The number of ether oxygens (including phenoxy) is 1.